The van der Waals surface area contributed by atoms with Gasteiger partial charge in [0.1, 0.15) is 6.04 Å². The molecule has 6 heteroatoms. The standard InChI is InChI=1S/C20H28N2O4/c1-3-13(2)17(20(25)26)22-19(24)15-10-7-11-16(12-15)21-18(23)14-8-5-4-6-9-14/h7,10-14,17H,3-6,8-9H2,1-2H3,(H,21,23)(H,22,24)(H,25,26). The molecule has 2 rings (SSSR count). The van der Waals surface area contributed by atoms with E-state index in [2.05, 4.69) is 10.6 Å². The lowest BCUT2D eigenvalue weighted by atomic mass is 9.88. The van der Waals surface area contributed by atoms with Crippen LogP contribution in [0.25, 0.3) is 0 Å². The van der Waals surface area contributed by atoms with Crippen LogP contribution in [0.4, 0.5) is 5.69 Å². The second kappa shape index (κ2) is 9.36. The number of hydrogen-bond donors (Lipinski definition) is 3. The van der Waals surface area contributed by atoms with Crippen molar-refractivity contribution in [2.75, 3.05) is 5.32 Å². The number of carboxylic acid groups (broad SMARTS) is 1. The molecule has 6 nitrogen and oxygen atoms in total. The van der Waals surface area contributed by atoms with Gasteiger partial charge in [-0.1, -0.05) is 45.6 Å². The molecule has 0 spiro atoms. The van der Waals surface area contributed by atoms with Crippen LogP contribution in [0.5, 0.6) is 0 Å². The van der Waals surface area contributed by atoms with Gasteiger partial charge in [-0.15, -0.1) is 0 Å². The molecule has 1 aromatic rings. The Labute approximate surface area is 154 Å². The molecule has 26 heavy (non-hydrogen) atoms. The van der Waals surface area contributed by atoms with Gasteiger partial charge in [-0.05, 0) is 37.0 Å². The first-order chi connectivity index (χ1) is 12.4. The zero-order chi connectivity index (χ0) is 19.1. The van der Waals surface area contributed by atoms with Gasteiger partial charge in [0.2, 0.25) is 5.91 Å². The second-order valence-corrected chi connectivity index (χ2v) is 7.08. The van der Waals surface area contributed by atoms with Crippen LogP contribution in [-0.2, 0) is 9.59 Å². The molecule has 1 saturated carbocycles. The average molecular weight is 360 g/mol. The fraction of sp³-hybridized carbons (Fsp3) is 0.550. The van der Waals surface area contributed by atoms with E-state index in [0.29, 0.717) is 17.7 Å². The lowest BCUT2D eigenvalue weighted by Gasteiger charge is -2.21. The van der Waals surface area contributed by atoms with Crippen LogP contribution < -0.4 is 10.6 Å². The third-order valence-electron chi connectivity index (χ3n) is 5.13. The summed E-state index contributed by atoms with van der Waals surface area (Å²) in [5.74, 6) is -1.65. The molecule has 0 aromatic heterocycles. The van der Waals surface area contributed by atoms with E-state index in [9.17, 15) is 19.5 Å². The molecule has 2 unspecified atom stereocenters. The Hall–Kier alpha value is -2.37. The summed E-state index contributed by atoms with van der Waals surface area (Å²) in [7, 11) is 0. The number of aliphatic carboxylic acids is 1. The number of carboxylic acids is 1. The highest BCUT2D eigenvalue weighted by Crippen LogP contribution is 2.25. The summed E-state index contributed by atoms with van der Waals surface area (Å²) in [5, 5.41) is 14.8. The van der Waals surface area contributed by atoms with Crippen LogP contribution in [-0.4, -0.2) is 28.9 Å². The minimum atomic E-state index is -1.05. The third-order valence-corrected chi connectivity index (χ3v) is 5.13. The Balaban J connectivity index is 2.04. The fourth-order valence-corrected chi connectivity index (χ4v) is 3.25. The van der Waals surface area contributed by atoms with Crippen molar-refractivity contribution in [3.8, 4) is 0 Å². The highest BCUT2D eigenvalue weighted by atomic mass is 16.4. The highest BCUT2D eigenvalue weighted by Gasteiger charge is 2.26. The number of benzene rings is 1. The molecule has 0 aliphatic heterocycles. The van der Waals surface area contributed by atoms with Crippen molar-refractivity contribution >= 4 is 23.5 Å². The van der Waals surface area contributed by atoms with Gasteiger partial charge >= 0.3 is 5.97 Å². The molecular weight excluding hydrogens is 332 g/mol. The van der Waals surface area contributed by atoms with Crippen molar-refractivity contribution in [1.82, 2.24) is 5.32 Å². The summed E-state index contributed by atoms with van der Waals surface area (Å²) in [5.41, 5.74) is 0.893. The SMILES string of the molecule is CCC(C)C(NC(=O)c1cccc(NC(=O)C2CCCCC2)c1)C(=O)O. The van der Waals surface area contributed by atoms with Crippen LogP contribution in [0.1, 0.15) is 62.7 Å². The van der Waals surface area contributed by atoms with Crippen molar-refractivity contribution in [3.05, 3.63) is 29.8 Å². The van der Waals surface area contributed by atoms with Crippen LogP contribution in [0.15, 0.2) is 24.3 Å². The number of amides is 2. The van der Waals surface area contributed by atoms with Crippen LogP contribution in [0, 0.1) is 11.8 Å². The Morgan fingerprint density at radius 3 is 2.50 bits per heavy atom. The first-order valence-corrected chi connectivity index (χ1v) is 9.37. The monoisotopic (exact) mass is 360 g/mol. The van der Waals surface area contributed by atoms with Gasteiger partial charge in [-0.25, -0.2) is 4.79 Å². The molecule has 0 bridgehead atoms. The van der Waals surface area contributed by atoms with Gasteiger partial charge in [0.05, 0.1) is 0 Å². The van der Waals surface area contributed by atoms with Crippen molar-refractivity contribution in [3.63, 3.8) is 0 Å². The summed E-state index contributed by atoms with van der Waals surface area (Å²) in [6.07, 6.45) is 5.79. The van der Waals surface area contributed by atoms with E-state index in [1.165, 1.54) is 6.42 Å². The van der Waals surface area contributed by atoms with Crippen molar-refractivity contribution in [2.45, 2.75) is 58.4 Å². The molecule has 3 N–H and O–H groups in total. The Morgan fingerprint density at radius 2 is 1.88 bits per heavy atom. The quantitative estimate of drug-likeness (QED) is 0.694. The maximum Gasteiger partial charge on any atom is 0.326 e. The van der Waals surface area contributed by atoms with E-state index in [0.717, 1.165) is 25.7 Å². The lowest BCUT2D eigenvalue weighted by molar-refractivity contribution is -0.140. The average Bonchev–Trinajstić information content (AvgIpc) is 2.66. The van der Waals surface area contributed by atoms with E-state index >= 15 is 0 Å². The lowest BCUT2D eigenvalue weighted by Crippen LogP contribution is -2.45. The van der Waals surface area contributed by atoms with Crippen LogP contribution in [0.3, 0.4) is 0 Å². The predicted octanol–water partition coefficient (Wildman–Crippen LogP) is 3.43. The highest BCUT2D eigenvalue weighted by molar-refractivity contribution is 5.99. The van der Waals surface area contributed by atoms with Crippen molar-refractivity contribution in [2.24, 2.45) is 11.8 Å². The van der Waals surface area contributed by atoms with Crippen molar-refractivity contribution in [1.29, 1.82) is 0 Å². The molecule has 142 valence electrons. The summed E-state index contributed by atoms with van der Waals surface area (Å²) >= 11 is 0. The van der Waals surface area contributed by atoms with E-state index in [4.69, 9.17) is 0 Å². The molecular formula is C20H28N2O4. The van der Waals surface area contributed by atoms with Gasteiger partial charge in [0.25, 0.3) is 5.91 Å². The first kappa shape index (κ1) is 19.9. The zero-order valence-corrected chi connectivity index (χ0v) is 15.5. The number of carbonyl (C=O) groups is 3. The second-order valence-electron chi connectivity index (χ2n) is 7.08. The van der Waals surface area contributed by atoms with Crippen LogP contribution in [0.2, 0.25) is 0 Å². The summed E-state index contributed by atoms with van der Waals surface area (Å²) in [6, 6.07) is 5.69. The Morgan fingerprint density at radius 1 is 1.19 bits per heavy atom. The normalized spacial score (nSPS) is 17.2. The zero-order valence-electron chi connectivity index (χ0n) is 15.5. The molecule has 1 aliphatic carbocycles. The predicted molar refractivity (Wildman–Crippen MR) is 100.0 cm³/mol. The van der Waals surface area contributed by atoms with Crippen molar-refractivity contribution < 1.29 is 19.5 Å². The number of rotatable bonds is 7. The molecule has 1 aliphatic rings. The maximum atomic E-state index is 12.4. The van der Waals surface area contributed by atoms with E-state index in [1.54, 1.807) is 31.2 Å². The van der Waals surface area contributed by atoms with Crippen LogP contribution >= 0.6 is 0 Å². The third kappa shape index (κ3) is 5.31. The fourth-order valence-electron chi connectivity index (χ4n) is 3.25. The number of nitrogens with one attached hydrogen (secondary N) is 2. The minimum Gasteiger partial charge on any atom is -0.480 e. The van der Waals surface area contributed by atoms with Gasteiger partial charge in [-0.3, -0.25) is 9.59 Å². The van der Waals surface area contributed by atoms with E-state index in [-0.39, 0.29) is 17.7 Å². The molecule has 0 heterocycles. The summed E-state index contributed by atoms with van der Waals surface area (Å²) in [4.78, 5) is 36.2. The number of hydrogen-bond acceptors (Lipinski definition) is 3. The molecule has 2 atom stereocenters. The number of anilines is 1. The largest absolute Gasteiger partial charge is 0.480 e. The van der Waals surface area contributed by atoms with E-state index < -0.39 is 17.9 Å². The first-order valence-electron chi connectivity index (χ1n) is 9.37. The minimum absolute atomic E-state index is 0.00900. The van der Waals surface area contributed by atoms with Gasteiger partial charge < -0.3 is 15.7 Å². The molecule has 1 aromatic carbocycles. The summed E-state index contributed by atoms with van der Waals surface area (Å²) < 4.78 is 0. The molecule has 0 saturated heterocycles. The molecule has 1 fully saturated rings. The smallest absolute Gasteiger partial charge is 0.326 e. The molecule has 0 radical (unpaired) electrons. The topological polar surface area (TPSA) is 95.5 Å². The Kier molecular flexibility index (Phi) is 7.18. The Bertz CT molecular complexity index is 653. The van der Waals surface area contributed by atoms with Gasteiger partial charge in [0.15, 0.2) is 0 Å². The van der Waals surface area contributed by atoms with Gasteiger partial charge in [0, 0.05) is 17.2 Å². The van der Waals surface area contributed by atoms with E-state index in [1.807, 2.05) is 6.92 Å². The summed E-state index contributed by atoms with van der Waals surface area (Å²) in [6.45, 7) is 3.67. The number of carbonyl (C=O) groups excluding carboxylic acids is 2. The molecule has 2 amide bonds. The maximum absolute atomic E-state index is 12.4. The van der Waals surface area contributed by atoms with Gasteiger partial charge in [-0.2, -0.15) is 0 Å².